The first-order valence-electron chi connectivity index (χ1n) is 5.87. The van der Waals surface area contributed by atoms with E-state index in [0.29, 0.717) is 0 Å². The Balaban J connectivity index is 3.04. The van der Waals surface area contributed by atoms with Gasteiger partial charge in [0.05, 0.1) is 11.2 Å². The van der Waals surface area contributed by atoms with Gasteiger partial charge < -0.3 is 14.7 Å². The first-order valence-corrected chi connectivity index (χ1v) is 6.24. The van der Waals surface area contributed by atoms with Crippen LogP contribution in [0, 0.1) is 0 Å². The predicted molar refractivity (Wildman–Crippen MR) is 71.7 cm³/mol. The SMILES string of the molecule is CN(c1cc(Cl)cc(C(F)(F)F)c1)C(O)OC(C)(C)C. The van der Waals surface area contributed by atoms with Gasteiger partial charge in [0.25, 0.3) is 0 Å². The molecule has 0 spiro atoms. The van der Waals surface area contributed by atoms with E-state index in [0.717, 1.165) is 12.1 Å². The summed E-state index contributed by atoms with van der Waals surface area (Å²) in [5.41, 5.74) is -1.41. The highest BCUT2D eigenvalue weighted by atomic mass is 35.5. The van der Waals surface area contributed by atoms with Crippen LogP contribution in [0.3, 0.4) is 0 Å². The van der Waals surface area contributed by atoms with Crippen LogP contribution in [0.5, 0.6) is 0 Å². The zero-order valence-electron chi connectivity index (χ0n) is 11.6. The van der Waals surface area contributed by atoms with Crippen molar-refractivity contribution in [2.24, 2.45) is 0 Å². The molecule has 0 radical (unpaired) electrons. The zero-order valence-corrected chi connectivity index (χ0v) is 12.4. The van der Waals surface area contributed by atoms with E-state index < -0.39 is 23.8 Å². The summed E-state index contributed by atoms with van der Waals surface area (Å²) in [6.45, 7) is 5.18. The van der Waals surface area contributed by atoms with E-state index in [-0.39, 0.29) is 10.7 Å². The lowest BCUT2D eigenvalue weighted by molar-refractivity contribution is -0.163. The Morgan fingerprint density at radius 3 is 2.20 bits per heavy atom. The molecule has 1 aromatic rings. The summed E-state index contributed by atoms with van der Waals surface area (Å²) in [4.78, 5) is 1.17. The molecule has 0 aliphatic carbocycles. The van der Waals surface area contributed by atoms with Gasteiger partial charge in [-0.1, -0.05) is 11.6 Å². The van der Waals surface area contributed by atoms with Crippen molar-refractivity contribution >= 4 is 17.3 Å². The molecule has 20 heavy (non-hydrogen) atoms. The lowest BCUT2D eigenvalue weighted by atomic mass is 10.2. The molecule has 0 aliphatic heterocycles. The first-order chi connectivity index (χ1) is 8.90. The largest absolute Gasteiger partial charge is 0.416 e. The molecule has 0 fully saturated rings. The monoisotopic (exact) mass is 311 g/mol. The van der Waals surface area contributed by atoms with Gasteiger partial charge in [0.15, 0.2) is 0 Å². The second-order valence-electron chi connectivity index (χ2n) is 5.36. The average molecular weight is 312 g/mol. The summed E-state index contributed by atoms with van der Waals surface area (Å²) in [5.74, 6) is 0. The molecule has 7 heteroatoms. The molecule has 1 rings (SSSR count). The summed E-state index contributed by atoms with van der Waals surface area (Å²) < 4.78 is 43.4. The molecule has 0 saturated carbocycles. The second kappa shape index (κ2) is 5.79. The number of aliphatic hydroxyl groups is 1. The van der Waals surface area contributed by atoms with Gasteiger partial charge in [-0.2, -0.15) is 13.2 Å². The molecule has 0 bridgehead atoms. The minimum atomic E-state index is -4.50. The smallest absolute Gasteiger partial charge is 0.351 e. The molecule has 3 nitrogen and oxygen atoms in total. The Kier molecular flexibility index (Phi) is 4.94. The Morgan fingerprint density at radius 1 is 1.20 bits per heavy atom. The summed E-state index contributed by atoms with van der Waals surface area (Å²) in [6.07, 6.45) is -5.88. The molecular weight excluding hydrogens is 295 g/mol. The summed E-state index contributed by atoms with van der Waals surface area (Å²) >= 11 is 5.69. The lowest BCUT2D eigenvalue weighted by Gasteiger charge is -2.31. The minimum Gasteiger partial charge on any atom is -0.351 e. The van der Waals surface area contributed by atoms with E-state index in [1.54, 1.807) is 20.8 Å². The number of nitrogens with zero attached hydrogens (tertiary/aromatic N) is 1. The topological polar surface area (TPSA) is 32.7 Å². The van der Waals surface area contributed by atoms with E-state index in [1.807, 2.05) is 0 Å². The van der Waals surface area contributed by atoms with E-state index in [4.69, 9.17) is 16.3 Å². The highest BCUT2D eigenvalue weighted by Crippen LogP contribution is 2.34. The number of hydrogen-bond acceptors (Lipinski definition) is 3. The maximum absolute atomic E-state index is 12.7. The molecule has 0 aliphatic rings. The van der Waals surface area contributed by atoms with Crippen molar-refractivity contribution in [2.75, 3.05) is 11.9 Å². The predicted octanol–water partition coefficient (Wildman–Crippen LogP) is 3.89. The zero-order chi connectivity index (χ0) is 15.7. The van der Waals surface area contributed by atoms with Crippen LogP contribution in [0.15, 0.2) is 18.2 Å². The van der Waals surface area contributed by atoms with Crippen LogP contribution >= 0.6 is 11.6 Å². The second-order valence-corrected chi connectivity index (χ2v) is 5.80. The molecule has 1 aromatic carbocycles. The molecule has 0 saturated heterocycles. The van der Waals surface area contributed by atoms with Crippen molar-refractivity contribution in [2.45, 2.75) is 39.0 Å². The first kappa shape index (κ1) is 17.1. The number of aliphatic hydroxyl groups excluding tert-OH is 1. The van der Waals surface area contributed by atoms with E-state index >= 15 is 0 Å². The molecule has 1 N–H and O–H groups in total. The molecule has 0 amide bonds. The Labute approximate surface area is 120 Å². The fourth-order valence-corrected chi connectivity index (χ4v) is 1.69. The fourth-order valence-electron chi connectivity index (χ4n) is 1.46. The fraction of sp³-hybridized carbons (Fsp3) is 0.538. The maximum Gasteiger partial charge on any atom is 0.416 e. The van der Waals surface area contributed by atoms with Gasteiger partial charge in [-0.3, -0.25) is 0 Å². The molecule has 0 aromatic heterocycles. The Hall–Kier alpha value is -0.980. The van der Waals surface area contributed by atoms with Gasteiger partial charge in [-0.15, -0.1) is 0 Å². The van der Waals surface area contributed by atoms with E-state index in [1.165, 1.54) is 18.0 Å². The van der Waals surface area contributed by atoms with E-state index in [2.05, 4.69) is 0 Å². The van der Waals surface area contributed by atoms with Crippen LogP contribution in [-0.2, 0) is 10.9 Å². The highest BCUT2D eigenvalue weighted by molar-refractivity contribution is 6.30. The molecule has 1 unspecified atom stereocenters. The summed E-state index contributed by atoms with van der Waals surface area (Å²) in [6, 6.07) is 3.06. The maximum atomic E-state index is 12.7. The van der Waals surface area contributed by atoms with Crippen molar-refractivity contribution in [3.8, 4) is 0 Å². The number of alkyl halides is 3. The van der Waals surface area contributed by atoms with Crippen LogP contribution < -0.4 is 4.90 Å². The van der Waals surface area contributed by atoms with Crippen LogP contribution in [0.4, 0.5) is 18.9 Å². The molecular formula is C13H17ClF3NO2. The van der Waals surface area contributed by atoms with E-state index in [9.17, 15) is 18.3 Å². The van der Waals surface area contributed by atoms with Crippen molar-refractivity contribution in [3.63, 3.8) is 0 Å². The van der Waals surface area contributed by atoms with Gasteiger partial charge in [0.2, 0.25) is 6.41 Å². The standard InChI is InChI=1S/C13H17ClF3NO2/c1-12(2,3)20-11(19)18(4)10-6-8(13(15,16)17)5-9(14)7-10/h5-7,11,19H,1-4H3. The molecule has 1 atom stereocenters. The van der Waals surface area contributed by atoms with Gasteiger partial charge in [0, 0.05) is 17.8 Å². The van der Waals surface area contributed by atoms with Crippen LogP contribution in [0.1, 0.15) is 26.3 Å². The highest BCUT2D eigenvalue weighted by Gasteiger charge is 2.32. The van der Waals surface area contributed by atoms with Gasteiger partial charge >= 0.3 is 6.18 Å². The van der Waals surface area contributed by atoms with Crippen molar-refractivity contribution in [1.29, 1.82) is 0 Å². The normalized spacial score (nSPS) is 14.2. The van der Waals surface area contributed by atoms with Crippen molar-refractivity contribution in [3.05, 3.63) is 28.8 Å². The quantitative estimate of drug-likeness (QED) is 0.860. The molecule has 114 valence electrons. The third-order valence-electron chi connectivity index (χ3n) is 2.41. The van der Waals surface area contributed by atoms with Crippen LogP contribution in [0.2, 0.25) is 5.02 Å². The third kappa shape index (κ3) is 4.85. The number of halogens is 4. The number of rotatable bonds is 3. The van der Waals surface area contributed by atoms with Crippen LogP contribution in [-0.4, -0.2) is 24.2 Å². The third-order valence-corrected chi connectivity index (χ3v) is 2.63. The van der Waals surface area contributed by atoms with Crippen LogP contribution in [0.25, 0.3) is 0 Å². The van der Waals surface area contributed by atoms with Crippen molar-refractivity contribution < 1.29 is 23.0 Å². The summed E-state index contributed by atoms with van der Waals surface area (Å²) in [5, 5.41) is 9.81. The van der Waals surface area contributed by atoms with Gasteiger partial charge in [-0.25, -0.2) is 0 Å². The number of ether oxygens (including phenoxy) is 1. The Bertz CT molecular complexity index is 472. The lowest BCUT2D eigenvalue weighted by Crippen LogP contribution is -2.39. The van der Waals surface area contributed by atoms with Crippen molar-refractivity contribution in [1.82, 2.24) is 0 Å². The van der Waals surface area contributed by atoms with Gasteiger partial charge in [0.1, 0.15) is 0 Å². The molecule has 0 heterocycles. The minimum absolute atomic E-state index is 0.0652. The Morgan fingerprint density at radius 2 is 1.75 bits per heavy atom. The number of hydrogen-bond donors (Lipinski definition) is 1. The average Bonchev–Trinajstić information content (AvgIpc) is 2.23. The number of anilines is 1. The van der Waals surface area contributed by atoms with Gasteiger partial charge in [-0.05, 0) is 39.0 Å². The summed E-state index contributed by atoms with van der Waals surface area (Å²) in [7, 11) is 1.42. The number of benzene rings is 1.